The fourth-order valence-corrected chi connectivity index (χ4v) is 1.83. The molecule has 1 aliphatic heterocycles. The quantitative estimate of drug-likeness (QED) is 0.657. The van der Waals surface area contributed by atoms with Crippen molar-refractivity contribution in [3.8, 4) is 0 Å². The lowest BCUT2D eigenvalue weighted by molar-refractivity contribution is -0.147. The second-order valence-corrected chi connectivity index (χ2v) is 4.72. The summed E-state index contributed by atoms with van der Waals surface area (Å²) in [6, 6.07) is -0.641. The molecule has 19 heavy (non-hydrogen) atoms. The summed E-state index contributed by atoms with van der Waals surface area (Å²) in [6.07, 6.45) is 0. The zero-order valence-electron chi connectivity index (χ0n) is 11.1. The maximum absolute atomic E-state index is 12.2. The van der Waals surface area contributed by atoms with Crippen LogP contribution in [0.2, 0.25) is 0 Å². The minimum absolute atomic E-state index is 0.157. The summed E-state index contributed by atoms with van der Waals surface area (Å²) in [7, 11) is 0. The van der Waals surface area contributed by atoms with Gasteiger partial charge >= 0.3 is 12.0 Å². The lowest BCUT2D eigenvalue weighted by Gasteiger charge is -2.38. The van der Waals surface area contributed by atoms with E-state index in [0.717, 1.165) is 9.80 Å². The third-order valence-corrected chi connectivity index (χ3v) is 2.96. The van der Waals surface area contributed by atoms with E-state index in [2.05, 4.69) is 5.32 Å². The third kappa shape index (κ3) is 3.01. The number of carbonyl (C=O) groups excluding carboxylic acids is 3. The molecule has 0 spiro atoms. The molecule has 0 bridgehead atoms. The van der Waals surface area contributed by atoms with E-state index in [1.54, 1.807) is 6.92 Å². The number of rotatable bonds is 3. The van der Waals surface area contributed by atoms with Crippen LogP contribution in [0.4, 0.5) is 4.79 Å². The predicted octanol–water partition coefficient (Wildman–Crippen LogP) is -0.750. The van der Waals surface area contributed by atoms with Crippen LogP contribution in [0.15, 0.2) is 0 Å². The van der Waals surface area contributed by atoms with E-state index < -0.39 is 29.4 Å². The summed E-state index contributed by atoms with van der Waals surface area (Å²) >= 11 is 0. The Morgan fingerprint density at radius 3 is 2.16 bits per heavy atom. The van der Waals surface area contributed by atoms with Gasteiger partial charge in [-0.05, 0) is 20.8 Å². The summed E-state index contributed by atoms with van der Waals surface area (Å²) in [5.74, 6) is -2.31. The summed E-state index contributed by atoms with van der Waals surface area (Å²) in [5.41, 5.74) is -1.41. The van der Waals surface area contributed by atoms with Crippen LogP contribution >= 0.6 is 0 Å². The van der Waals surface area contributed by atoms with Gasteiger partial charge in [0.15, 0.2) is 0 Å². The van der Waals surface area contributed by atoms with Crippen molar-refractivity contribution >= 4 is 23.8 Å². The van der Waals surface area contributed by atoms with Gasteiger partial charge in [-0.1, -0.05) is 0 Å². The van der Waals surface area contributed by atoms with Crippen LogP contribution in [0.3, 0.4) is 0 Å². The molecule has 106 valence electrons. The van der Waals surface area contributed by atoms with Crippen molar-refractivity contribution in [2.75, 3.05) is 19.6 Å². The van der Waals surface area contributed by atoms with E-state index in [1.165, 1.54) is 13.8 Å². The molecule has 1 saturated heterocycles. The fourth-order valence-electron chi connectivity index (χ4n) is 1.83. The van der Waals surface area contributed by atoms with E-state index in [-0.39, 0.29) is 19.6 Å². The topological polar surface area (TPSA) is 107 Å². The van der Waals surface area contributed by atoms with Gasteiger partial charge in [0.1, 0.15) is 18.6 Å². The first kappa shape index (κ1) is 14.9. The van der Waals surface area contributed by atoms with Crippen LogP contribution in [0.5, 0.6) is 0 Å². The van der Waals surface area contributed by atoms with Gasteiger partial charge in [-0.25, -0.2) is 9.59 Å². The van der Waals surface area contributed by atoms with Crippen molar-refractivity contribution in [2.24, 2.45) is 0 Å². The second kappa shape index (κ2) is 5.25. The van der Waals surface area contributed by atoms with Crippen LogP contribution in [-0.2, 0) is 14.4 Å². The number of amides is 4. The molecule has 0 unspecified atom stereocenters. The molecule has 0 aromatic heterocycles. The number of aliphatic carboxylic acids is 1. The Morgan fingerprint density at radius 2 is 1.79 bits per heavy atom. The minimum Gasteiger partial charge on any atom is -0.480 e. The molecule has 8 heteroatoms. The normalized spacial score (nSPS) is 16.1. The number of nitrogens with zero attached hydrogens (tertiary/aromatic N) is 2. The first-order valence-electron chi connectivity index (χ1n) is 5.82. The van der Waals surface area contributed by atoms with Gasteiger partial charge in [-0.3, -0.25) is 14.9 Å². The smallest absolute Gasteiger partial charge is 0.329 e. The number of hydrogen-bond donors (Lipinski definition) is 2. The largest absolute Gasteiger partial charge is 0.480 e. The van der Waals surface area contributed by atoms with Crippen LogP contribution in [0.25, 0.3) is 0 Å². The molecular weight excluding hydrogens is 254 g/mol. The Labute approximate surface area is 110 Å². The lowest BCUT2D eigenvalue weighted by atomic mass is 10.0. The van der Waals surface area contributed by atoms with Gasteiger partial charge in [-0.15, -0.1) is 0 Å². The SMILES string of the molecule is CCN(C(=O)N1CC(=O)NC(=O)C1)C(C)(C)C(=O)O. The van der Waals surface area contributed by atoms with Crippen molar-refractivity contribution in [1.82, 2.24) is 15.1 Å². The average molecular weight is 271 g/mol. The molecule has 4 amide bonds. The Hall–Kier alpha value is -2.12. The van der Waals surface area contributed by atoms with E-state index in [1.807, 2.05) is 0 Å². The third-order valence-electron chi connectivity index (χ3n) is 2.96. The number of urea groups is 1. The number of nitrogens with one attached hydrogen (secondary N) is 1. The Kier molecular flexibility index (Phi) is 4.13. The van der Waals surface area contributed by atoms with Crippen LogP contribution in [0.1, 0.15) is 20.8 Å². The lowest BCUT2D eigenvalue weighted by Crippen LogP contribution is -2.61. The van der Waals surface area contributed by atoms with E-state index in [4.69, 9.17) is 5.11 Å². The Morgan fingerprint density at radius 1 is 1.32 bits per heavy atom. The molecule has 0 radical (unpaired) electrons. The predicted molar refractivity (Wildman–Crippen MR) is 64.2 cm³/mol. The van der Waals surface area contributed by atoms with Crippen LogP contribution in [-0.4, -0.2) is 63.9 Å². The molecule has 1 heterocycles. The van der Waals surface area contributed by atoms with Crippen LogP contribution < -0.4 is 5.32 Å². The maximum Gasteiger partial charge on any atom is 0.329 e. The summed E-state index contributed by atoms with van der Waals surface area (Å²) in [5, 5.41) is 11.2. The van der Waals surface area contributed by atoms with Crippen molar-refractivity contribution in [3.63, 3.8) is 0 Å². The maximum atomic E-state index is 12.2. The second-order valence-electron chi connectivity index (χ2n) is 4.72. The van der Waals surface area contributed by atoms with Gasteiger partial charge < -0.3 is 14.9 Å². The van der Waals surface area contributed by atoms with Gasteiger partial charge in [-0.2, -0.15) is 0 Å². The molecule has 1 fully saturated rings. The number of carboxylic acid groups (broad SMARTS) is 1. The van der Waals surface area contributed by atoms with Gasteiger partial charge in [0.25, 0.3) is 0 Å². The van der Waals surface area contributed by atoms with E-state index in [0.29, 0.717) is 0 Å². The molecule has 0 saturated carbocycles. The van der Waals surface area contributed by atoms with Crippen molar-refractivity contribution in [1.29, 1.82) is 0 Å². The van der Waals surface area contributed by atoms with Gasteiger partial charge in [0.05, 0.1) is 0 Å². The summed E-state index contributed by atoms with van der Waals surface area (Å²) in [6.45, 7) is 4.07. The standard InChI is InChI=1S/C11H17N3O5/c1-4-14(11(2,3)9(17)18)10(19)13-5-7(15)12-8(16)6-13/h4-6H2,1-3H3,(H,17,18)(H,12,15,16). The van der Waals surface area contributed by atoms with E-state index >= 15 is 0 Å². The average Bonchev–Trinajstić information content (AvgIpc) is 2.27. The fraction of sp³-hybridized carbons (Fsp3) is 0.636. The molecule has 2 N–H and O–H groups in total. The molecule has 1 aliphatic rings. The molecule has 0 aromatic rings. The number of imide groups is 1. The first-order valence-corrected chi connectivity index (χ1v) is 5.82. The molecule has 0 aromatic carbocycles. The van der Waals surface area contributed by atoms with Crippen LogP contribution in [0, 0.1) is 0 Å². The van der Waals surface area contributed by atoms with Crippen molar-refractivity contribution < 1.29 is 24.3 Å². The number of hydrogen-bond acceptors (Lipinski definition) is 4. The molecule has 1 rings (SSSR count). The highest BCUT2D eigenvalue weighted by Crippen LogP contribution is 2.17. The monoisotopic (exact) mass is 271 g/mol. The van der Waals surface area contributed by atoms with Crippen molar-refractivity contribution in [3.05, 3.63) is 0 Å². The number of likely N-dealkylation sites (N-methyl/N-ethyl adjacent to an activating group) is 1. The molecule has 0 atom stereocenters. The molecule has 0 aliphatic carbocycles. The highest BCUT2D eigenvalue weighted by atomic mass is 16.4. The van der Waals surface area contributed by atoms with Gasteiger partial charge in [0.2, 0.25) is 11.8 Å². The zero-order valence-corrected chi connectivity index (χ0v) is 11.1. The summed E-state index contributed by atoms with van der Waals surface area (Å²) < 4.78 is 0. The number of carbonyl (C=O) groups is 4. The molecule has 8 nitrogen and oxygen atoms in total. The minimum atomic E-state index is -1.41. The summed E-state index contributed by atoms with van der Waals surface area (Å²) in [4.78, 5) is 48.0. The van der Waals surface area contributed by atoms with Crippen molar-refractivity contribution in [2.45, 2.75) is 26.3 Å². The molecular formula is C11H17N3O5. The first-order chi connectivity index (χ1) is 8.70. The highest BCUT2D eigenvalue weighted by Gasteiger charge is 2.40. The number of carboxylic acids is 1. The Balaban J connectivity index is 2.93. The van der Waals surface area contributed by atoms with Gasteiger partial charge in [0, 0.05) is 6.54 Å². The highest BCUT2D eigenvalue weighted by molar-refractivity contribution is 6.02. The number of piperazine rings is 1. The van der Waals surface area contributed by atoms with E-state index in [9.17, 15) is 19.2 Å². The zero-order chi connectivity index (χ0) is 14.8. The Bertz CT molecular complexity index is 416.